The maximum Gasteiger partial charge on any atom is 0.217 e. The van der Waals surface area contributed by atoms with E-state index in [1.165, 1.54) is 13.1 Å². The monoisotopic (exact) mass is 342 g/mol. The lowest BCUT2D eigenvalue weighted by Crippen LogP contribution is -2.73. The standard InChI is InChI=1S/C15H30N6O3/c1-4-9(5-2)12(20-8(3)22)15(18)11(21-14(16)17)6-10(7-19-24)13(15)23/h7,9-13,23-24H,4-6,18H2,1-3H3,(H,20,22)(H4,16,17,21)/b19-7+/t10-,11-,12?,13-,15+/m1/s1. The number of rotatable bonds is 7. The molecule has 1 aliphatic rings. The maximum absolute atomic E-state index is 11.7. The van der Waals surface area contributed by atoms with Crippen LogP contribution in [0.1, 0.15) is 40.0 Å². The zero-order valence-corrected chi connectivity index (χ0v) is 14.5. The summed E-state index contributed by atoms with van der Waals surface area (Å²) in [6.07, 6.45) is 2.02. The van der Waals surface area contributed by atoms with E-state index >= 15 is 0 Å². The van der Waals surface area contributed by atoms with Crippen LogP contribution in [-0.4, -0.2) is 52.1 Å². The van der Waals surface area contributed by atoms with Crippen LogP contribution in [0.15, 0.2) is 5.16 Å². The van der Waals surface area contributed by atoms with Gasteiger partial charge in [-0.3, -0.25) is 10.2 Å². The molecular formula is C15H30N6O3. The van der Waals surface area contributed by atoms with E-state index in [9.17, 15) is 9.90 Å². The highest BCUT2D eigenvalue weighted by Crippen LogP contribution is 2.38. The Labute approximate surface area is 142 Å². The van der Waals surface area contributed by atoms with Crippen LogP contribution >= 0.6 is 0 Å². The van der Waals surface area contributed by atoms with Crippen molar-refractivity contribution < 1.29 is 15.1 Å². The van der Waals surface area contributed by atoms with E-state index in [2.05, 4.69) is 15.8 Å². The van der Waals surface area contributed by atoms with Crippen molar-refractivity contribution >= 4 is 18.1 Å². The highest BCUT2D eigenvalue weighted by atomic mass is 16.4. The second-order valence-corrected chi connectivity index (χ2v) is 6.47. The van der Waals surface area contributed by atoms with Gasteiger partial charge in [-0.05, 0) is 12.3 Å². The minimum absolute atomic E-state index is 0.0367. The van der Waals surface area contributed by atoms with Gasteiger partial charge in [-0.15, -0.1) is 5.16 Å². The summed E-state index contributed by atoms with van der Waals surface area (Å²) in [4.78, 5) is 11.7. The summed E-state index contributed by atoms with van der Waals surface area (Å²) < 4.78 is 0. The fourth-order valence-corrected chi connectivity index (χ4v) is 3.81. The molecule has 0 aliphatic heterocycles. The smallest absolute Gasteiger partial charge is 0.217 e. The van der Waals surface area contributed by atoms with Crippen molar-refractivity contribution in [3.8, 4) is 0 Å². The molecule has 0 bridgehead atoms. The van der Waals surface area contributed by atoms with E-state index in [-0.39, 0.29) is 17.8 Å². The number of carbonyl (C=O) groups is 1. The number of hydrogen-bond donors (Lipinski definition) is 7. The molecule has 9 N–H and O–H groups in total. The minimum atomic E-state index is -1.26. The molecular weight excluding hydrogens is 312 g/mol. The molecule has 1 amide bonds. The number of hydrogen-bond acceptors (Lipinski definition) is 6. The number of aliphatic hydroxyl groups excluding tert-OH is 1. The van der Waals surface area contributed by atoms with Crippen molar-refractivity contribution in [3.05, 3.63) is 0 Å². The number of nitrogens with zero attached hydrogens (tertiary/aromatic N) is 1. The van der Waals surface area contributed by atoms with Gasteiger partial charge in [-0.25, -0.2) is 0 Å². The first-order chi connectivity index (χ1) is 11.2. The molecule has 138 valence electrons. The zero-order valence-electron chi connectivity index (χ0n) is 14.5. The van der Waals surface area contributed by atoms with E-state index in [1.54, 1.807) is 0 Å². The van der Waals surface area contributed by atoms with Crippen molar-refractivity contribution in [1.82, 2.24) is 10.6 Å². The van der Waals surface area contributed by atoms with Gasteiger partial charge in [0.15, 0.2) is 5.96 Å². The van der Waals surface area contributed by atoms with Crippen LogP contribution in [-0.2, 0) is 4.79 Å². The summed E-state index contributed by atoms with van der Waals surface area (Å²) in [5.74, 6) is -0.989. The number of guanidine groups is 1. The van der Waals surface area contributed by atoms with Gasteiger partial charge in [-0.2, -0.15) is 0 Å². The largest absolute Gasteiger partial charge is 0.411 e. The van der Waals surface area contributed by atoms with Gasteiger partial charge in [0, 0.05) is 19.1 Å². The topological polar surface area (TPSA) is 170 Å². The summed E-state index contributed by atoms with van der Waals surface area (Å²) in [7, 11) is 0. The van der Waals surface area contributed by atoms with Gasteiger partial charge in [0.2, 0.25) is 5.91 Å². The minimum Gasteiger partial charge on any atom is -0.411 e. The SMILES string of the molecule is CCC(CC)C(NC(C)=O)[C@]1(N)[C@H](O)[C@@H](/C=N/O)C[C@H]1NC(=N)N. The summed E-state index contributed by atoms with van der Waals surface area (Å²) in [5, 5.41) is 35.8. The molecule has 0 radical (unpaired) electrons. The normalized spacial score (nSPS) is 31.3. The number of nitrogens with two attached hydrogens (primary N) is 2. The molecule has 0 aromatic rings. The van der Waals surface area contributed by atoms with Crippen LogP contribution in [0.3, 0.4) is 0 Å². The fourth-order valence-electron chi connectivity index (χ4n) is 3.81. The Morgan fingerprint density at radius 2 is 2.08 bits per heavy atom. The van der Waals surface area contributed by atoms with Crippen LogP contribution in [0.5, 0.6) is 0 Å². The molecule has 0 aromatic heterocycles. The molecule has 0 heterocycles. The highest BCUT2D eigenvalue weighted by Gasteiger charge is 2.58. The lowest BCUT2D eigenvalue weighted by atomic mass is 9.74. The highest BCUT2D eigenvalue weighted by molar-refractivity contribution is 5.76. The first-order valence-corrected chi connectivity index (χ1v) is 8.24. The van der Waals surface area contributed by atoms with Crippen LogP contribution in [0.25, 0.3) is 0 Å². The van der Waals surface area contributed by atoms with Gasteiger partial charge in [0.1, 0.15) is 0 Å². The van der Waals surface area contributed by atoms with E-state index in [0.717, 1.165) is 12.8 Å². The van der Waals surface area contributed by atoms with E-state index in [0.29, 0.717) is 6.42 Å². The number of nitrogens with one attached hydrogen (secondary N) is 3. The second-order valence-electron chi connectivity index (χ2n) is 6.47. The Morgan fingerprint density at radius 1 is 1.50 bits per heavy atom. The van der Waals surface area contributed by atoms with E-state index in [4.69, 9.17) is 22.1 Å². The van der Waals surface area contributed by atoms with E-state index < -0.39 is 29.6 Å². The van der Waals surface area contributed by atoms with Crippen molar-refractivity contribution in [3.63, 3.8) is 0 Å². The number of oxime groups is 1. The molecule has 0 spiro atoms. The lowest BCUT2D eigenvalue weighted by Gasteiger charge is -2.45. The number of amides is 1. The molecule has 0 saturated heterocycles. The Hall–Kier alpha value is -1.87. The van der Waals surface area contributed by atoms with Gasteiger partial charge in [0.05, 0.1) is 23.7 Å². The number of carbonyl (C=O) groups excluding carboxylic acids is 1. The van der Waals surface area contributed by atoms with Gasteiger partial charge in [0.25, 0.3) is 0 Å². The van der Waals surface area contributed by atoms with Crippen molar-refractivity contribution in [1.29, 1.82) is 5.41 Å². The van der Waals surface area contributed by atoms with Crippen LogP contribution < -0.4 is 22.1 Å². The van der Waals surface area contributed by atoms with Crippen LogP contribution in [0.2, 0.25) is 0 Å². The van der Waals surface area contributed by atoms with Gasteiger partial charge in [-0.1, -0.05) is 26.7 Å². The molecule has 1 saturated carbocycles. The van der Waals surface area contributed by atoms with Crippen molar-refractivity contribution in [2.24, 2.45) is 28.5 Å². The average molecular weight is 342 g/mol. The summed E-state index contributed by atoms with van der Waals surface area (Å²) >= 11 is 0. The Kier molecular flexibility index (Phi) is 6.97. The third kappa shape index (κ3) is 3.96. The first kappa shape index (κ1) is 20.2. The zero-order chi connectivity index (χ0) is 18.5. The third-order valence-corrected chi connectivity index (χ3v) is 5.03. The predicted octanol–water partition coefficient (Wildman–Crippen LogP) is -0.683. The number of aliphatic hydroxyl groups is 1. The van der Waals surface area contributed by atoms with Crippen LogP contribution in [0.4, 0.5) is 0 Å². The van der Waals surface area contributed by atoms with Crippen molar-refractivity contribution in [2.75, 3.05) is 0 Å². The Morgan fingerprint density at radius 3 is 2.50 bits per heavy atom. The molecule has 0 aromatic carbocycles. The molecule has 1 rings (SSSR count). The molecule has 1 fully saturated rings. The molecule has 1 aliphatic carbocycles. The Bertz CT molecular complexity index is 482. The first-order valence-electron chi connectivity index (χ1n) is 8.24. The molecule has 1 unspecified atom stereocenters. The molecule has 9 nitrogen and oxygen atoms in total. The van der Waals surface area contributed by atoms with E-state index in [1.807, 2.05) is 13.8 Å². The Balaban J connectivity index is 3.33. The van der Waals surface area contributed by atoms with Gasteiger partial charge < -0.3 is 32.4 Å². The summed E-state index contributed by atoms with van der Waals surface area (Å²) in [6.45, 7) is 5.39. The molecule has 9 heteroatoms. The average Bonchev–Trinajstić information content (AvgIpc) is 2.73. The lowest BCUT2D eigenvalue weighted by molar-refractivity contribution is -0.121. The summed E-state index contributed by atoms with van der Waals surface area (Å²) in [5.41, 5.74) is 10.8. The molecule has 24 heavy (non-hydrogen) atoms. The predicted molar refractivity (Wildman–Crippen MR) is 91.8 cm³/mol. The quantitative estimate of drug-likeness (QED) is 0.140. The molecule has 5 atom stereocenters. The van der Waals surface area contributed by atoms with Crippen LogP contribution in [0, 0.1) is 17.2 Å². The maximum atomic E-state index is 11.7. The van der Waals surface area contributed by atoms with Gasteiger partial charge >= 0.3 is 0 Å². The fraction of sp³-hybridized carbons (Fsp3) is 0.800. The van der Waals surface area contributed by atoms with Crippen molar-refractivity contribution in [2.45, 2.75) is 63.8 Å². The second kappa shape index (κ2) is 8.29. The third-order valence-electron chi connectivity index (χ3n) is 5.03. The summed E-state index contributed by atoms with van der Waals surface area (Å²) in [6, 6.07) is -1.07.